The molecule has 4 atom stereocenters. The van der Waals surface area contributed by atoms with Gasteiger partial charge >= 0.3 is 0 Å². The van der Waals surface area contributed by atoms with Crippen molar-refractivity contribution in [1.82, 2.24) is 0 Å². The summed E-state index contributed by atoms with van der Waals surface area (Å²) < 4.78 is 0. The van der Waals surface area contributed by atoms with Crippen molar-refractivity contribution >= 4 is 46.4 Å². The molecule has 0 unspecified atom stereocenters. The van der Waals surface area contributed by atoms with Gasteiger partial charge in [0.25, 0.3) is 0 Å². The number of allylic oxidation sites excluding steroid dienone is 2. The molecule has 0 N–H and O–H groups in total. The Balaban J connectivity index is 2.12. The second kappa shape index (κ2) is 3.22. The molecule has 0 aromatic heterocycles. The molecule has 0 aromatic carbocycles. The summed E-state index contributed by atoms with van der Waals surface area (Å²) in [4.78, 5) is -0.906. The highest BCUT2D eigenvalue weighted by molar-refractivity contribution is 6.51. The molecule has 3 aliphatic carbocycles. The molecular weight excluding hydrogens is 274 g/mol. The van der Waals surface area contributed by atoms with Crippen LogP contribution in [0.4, 0.5) is 0 Å². The molecule has 2 fully saturated rings. The minimum absolute atomic E-state index is 0.431. The third kappa shape index (κ3) is 1.18. The lowest BCUT2D eigenvalue weighted by Gasteiger charge is -2.40. The van der Waals surface area contributed by atoms with Crippen molar-refractivity contribution in [2.45, 2.75) is 41.9 Å². The van der Waals surface area contributed by atoms with Gasteiger partial charge in [0.1, 0.15) is 0 Å². The molecule has 84 valence electrons. The van der Waals surface area contributed by atoms with Crippen LogP contribution in [-0.2, 0) is 0 Å². The fourth-order valence-electron chi connectivity index (χ4n) is 3.71. The highest BCUT2D eigenvalue weighted by Crippen LogP contribution is 2.70. The Morgan fingerprint density at radius 2 is 1.27 bits per heavy atom. The number of rotatable bonds is 0. The second-order valence-corrected chi connectivity index (χ2v) is 7.13. The van der Waals surface area contributed by atoms with Crippen LogP contribution in [0.1, 0.15) is 32.1 Å². The van der Waals surface area contributed by atoms with E-state index in [1.165, 1.54) is 12.8 Å². The molecule has 0 radical (unpaired) electrons. The van der Waals surface area contributed by atoms with Crippen molar-refractivity contribution in [2.75, 3.05) is 0 Å². The fraction of sp³-hybridized carbons (Fsp3) is 0.818. The predicted molar refractivity (Wildman–Crippen MR) is 66.0 cm³/mol. The molecule has 0 aromatic rings. The van der Waals surface area contributed by atoms with Gasteiger partial charge in [0.2, 0.25) is 0 Å². The van der Waals surface area contributed by atoms with Gasteiger partial charge in [0.05, 0.1) is 19.8 Å². The largest absolute Gasteiger partial charge is 0.113 e. The van der Waals surface area contributed by atoms with Crippen LogP contribution in [0.3, 0.4) is 0 Å². The summed E-state index contributed by atoms with van der Waals surface area (Å²) in [5.41, 5.74) is 0. The van der Waals surface area contributed by atoms with Crippen molar-refractivity contribution in [3.8, 4) is 0 Å². The molecular formula is C11H12Cl4. The zero-order valence-corrected chi connectivity index (χ0v) is 11.2. The third-order valence-electron chi connectivity index (χ3n) is 4.38. The van der Waals surface area contributed by atoms with Gasteiger partial charge in [-0.15, -0.1) is 23.2 Å². The third-order valence-corrected chi connectivity index (χ3v) is 6.93. The van der Waals surface area contributed by atoms with E-state index in [0.717, 1.165) is 19.3 Å². The number of hydrogen-bond donors (Lipinski definition) is 0. The summed E-state index contributed by atoms with van der Waals surface area (Å²) in [6, 6.07) is 0. The van der Waals surface area contributed by atoms with Gasteiger partial charge < -0.3 is 0 Å². The summed E-state index contributed by atoms with van der Waals surface area (Å²) in [5.74, 6) is 0.862. The van der Waals surface area contributed by atoms with Gasteiger partial charge in [-0.05, 0) is 31.1 Å². The standard InChI is InChI=1S/C11H12Cl4/c12-8-9(13)11(15)5-10(8,14)6-3-1-2-4-7(6)11/h6-7H,1-5H2/t6-,7-,10+,11+/m0/s1. The van der Waals surface area contributed by atoms with Crippen LogP contribution in [0.2, 0.25) is 0 Å². The number of fused-ring (bicyclic) bond motifs is 5. The minimum atomic E-state index is -0.453. The highest BCUT2D eigenvalue weighted by Gasteiger charge is 2.68. The van der Waals surface area contributed by atoms with Crippen LogP contribution in [-0.4, -0.2) is 9.75 Å². The van der Waals surface area contributed by atoms with E-state index < -0.39 is 9.75 Å². The monoisotopic (exact) mass is 284 g/mol. The number of hydrogen-bond acceptors (Lipinski definition) is 0. The lowest BCUT2D eigenvalue weighted by molar-refractivity contribution is 0.234. The van der Waals surface area contributed by atoms with Crippen molar-refractivity contribution in [3.63, 3.8) is 0 Å². The zero-order valence-electron chi connectivity index (χ0n) is 8.20. The first-order chi connectivity index (χ1) is 7.00. The molecule has 0 heterocycles. The molecule has 2 bridgehead atoms. The molecule has 2 saturated carbocycles. The smallest absolute Gasteiger partial charge is 0.0865 e. The van der Waals surface area contributed by atoms with Crippen molar-refractivity contribution in [1.29, 1.82) is 0 Å². The summed E-state index contributed by atoms with van der Waals surface area (Å²) in [6.07, 6.45) is 5.48. The molecule has 3 rings (SSSR count). The maximum Gasteiger partial charge on any atom is 0.0865 e. The van der Waals surface area contributed by atoms with Gasteiger partial charge in [-0.25, -0.2) is 0 Å². The Kier molecular flexibility index (Phi) is 2.37. The quantitative estimate of drug-likeness (QED) is 0.558. The molecule has 0 amide bonds. The van der Waals surface area contributed by atoms with Crippen molar-refractivity contribution in [2.24, 2.45) is 11.8 Å². The maximum absolute atomic E-state index is 6.65. The number of halogens is 4. The van der Waals surface area contributed by atoms with E-state index in [-0.39, 0.29) is 0 Å². The summed E-state index contributed by atoms with van der Waals surface area (Å²) >= 11 is 25.8. The van der Waals surface area contributed by atoms with Crippen LogP contribution in [0.15, 0.2) is 10.1 Å². The van der Waals surface area contributed by atoms with Crippen molar-refractivity contribution in [3.05, 3.63) is 10.1 Å². The first-order valence-electron chi connectivity index (χ1n) is 5.44. The average molecular weight is 286 g/mol. The molecule has 3 aliphatic rings. The Labute approximate surface area is 110 Å². The summed E-state index contributed by atoms with van der Waals surface area (Å²) in [6.45, 7) is 0. The van der Waals surface area contributed by atoms with Crippen molar-refractivity contribution < 1.29 is 0 Å². The van der Waals surface area contributed by atoms with Crippen LogP contribution in [0.25, 0.3) is 0 Å². The second-order valence-electron chi connectivity index (χ2n) is 5.03. The van der Waals surface area contributed by atoms with E-state index in [9.17, 15) is 0 Å². The van der Waals surface area contributed by atoms with Crippen LogP contribution >= 0.6 is 46.4 Å². The van der Waals surface area contributed by atoms with Gasteiger partial charge in [-0.2, -0.15) is 0 Å². The highest BCUT2D eigenvalue weighted by atomic mass is 35.5. The average Bonchev–Trinajstić information content (AvgIpc) is 2.57. The van der Waals surface area contributed by atoms with Gasteiger partial charge in [0.15, 0.2) is 0 Å². The molecule has 0 spiro atoms. The van der Waals surface area contributed by atoms with E-state index in [4.69, 9.17) is 46.4 Å². The van der Waals surface area contributed by atoms with Gasteiger partial charge in [-0.3, -0.25) is 0 Å². The molecule has 15 heavy (non-hydrogen) atoms. The van der Waals surface area contributed by atoms with E-state index in [0.29, 0.717) is 21.9 Å². The lowest BCUT2D eigenvalue weighted by Crippen LogP contribution is -2.38. The van der Waals surface area contributed by atoms with E-state index in [1.807, 2.05) is 0 Å². The maximum atomic E-state index is 6.65. The SMILES string of the molecule is ClC1=C(Cl)[C@@]2(Cl)C[C@@]1(Cl)[C@H]1CCCC[C@@H]12. The lowest BCUT2D eigenvalue weighted by atomic mass is 9.73. The molecule has 0 aliphatic heterocycles. The van der Waals surface area contributed by atoms with Gasteiger partial charge in [-0.1, -0.05) is 36.0 Å². The first-order valence-corrected chi connectivity index (χ1v) is 6.95. The van der Waals surface area contributed by atoms with E-state index >= 15 is 0 Å². The summed E-state index contributed by atoms with van der Waals surface area (Å²) in [7, 11) is 0. The minimum Gasteiger partial charge on any atom is -0.113 e. The first kappa shape index (κ1) is 11.0. The Morgan fingerprint density at radius 3 is 1.67 bits per heavy atom. The molecule has 0 saturated heterocycles. The van der Waals surface area contributed by atoms with Gasteiger partial charge in [0, 0.05) is 0 Å². The Hall–Kier alpha value is 0.900. The Bertz CT molecular complexity index is 318. The van der Waals surface area contributed by atoms with Crippen LogP contribution < -0.4 is 0 Å². The zero-order chi connectivity index (χ0) is 10.8. The van der Waals surface area contributed by atoms with E-state index in [2.05, 4.69) is 0 Å². The fourth-order valence-corrected chi connectivity index (χ4v) is 5.76. The number of alkyl halides is 2. The topological polar surface area (TPSA) is 0 Å². The normalized spacial score (nSPS) is 53.6. The molecule has 0 nitrogen and oxygen atoms in total. The van der Waals surface area contributed by atoms with E-state index in [1.54, 1.807) is 0 Å². The summed E-state index contributed by atoms with van der Waals surface area (Å²) in [5, 5.41) is 1.23. The van der Waals surface area contributed by atoms with Crippen LogP contribution in [0, 0.1) is 11.8 Å². The Morgan fingerprint density at radius 1 is 0.867 bits per heavy atom. The molecule has 4 heteroatoms. The van der Waals surface area contributed by atoms with Crippen LogP contribution in [0.5, 0.6) is 0 Å². The predicted octanol–water partition coefficient (Wildman–Crippen LogP) is 4.85.